The molecule has 0 fully saturated rings. The van der Waals surface area contributed by atoms with E-state index in [1.807, 2.05) is 24.4 Å². The second-order valence-electron chi connectivity index (χ2n) is 9.70. The number of fused-ring (bicyclic) bond motifs is 2. The predicted octanol–water partition coefficient (Wildman–Crippen LogP) is 7.06. The summed E-state index contributed by atoms with van der Waals surface area (Å²) >= 11 is 0. The van der Waals surface area contributed by atoms with Crippen LogP contribution in [-0.2, 0) is 10.8 Å². The molecule has 6 nitrogen and oxygen atoms in total. The van der Waals surface area contributed by atoms with Crippen LogP contribution in [0.5, 0.6) is 0 Å². The second kappa shape index (κ2) is 8.46. The fraction of sp³-hybridized carbons (Fsp3) is 0.360. The van der Waals surface area contributed by atoms with Crippen molar-refractivity contribution in [3.63, 3.8) is 0 Å². The highest BCUT2D eigenvalue weighted by Gasteiger charge is 2.20. The number of hydrogen-bond acceptors (Lipinski definition) is 3. The topological polar surface area (TPSA) is 101 Å². The van der Waals surface area contributed by atoms with Gasteiger partial charge < -0.3 is 15.7 Å². The standard InChI is InChI=1S/C12H14N2O2.C12H16N2.CH4/c1-12(2,3)10-7-13-11-5-4-8(14(15)16)6-9(10)11;1-12(2,3)10-7-14-11-5-4-8(13)6-9(10)11;/h4-7,13H,1-3H3;4-7,14H,13H2,1-3H3;1H4. The largest absolute Gasteiger partial charge is 0.399 e. The second-order valence-corrected chi connectivity index (χ2v) is 9.70. The lowest BCUT2D eigenvalue weighted by Gasteiger charge is -2.17. The summed E-state index contributed by atoms with van der Waals surface area (Å²) in [4.78, 5) is 16.8. The summed E-state index contributed by atoms with van der Waals surface area (Å²) in [6, 6.07) is 10.9. The summed E-state index contributed by atoms with van der Waals surface area (Å²) in [5.74, 6) is 0. The molecular weight excluding hydrogens is 388 g/mol. The molecule has 0 saturated carbocycles. The molecule has 2 heterocycles. The van der Waals surface area contributed by atoms with Gasteiger partial charge in [0.05, 0.1) is 4.92 Å². The molecule has 4 aromatic rings. The maximum absolute atomic E-state index is 10.7. The lowest BCUT2D eigenvalue weighted by atomic mass is 9.87. The van der Waals surface area contributed by atoms with Crippen LogP contribution in [0.3, 0.4) is 0 Å². The Balaban J connectivity index is 0.000000215. The first-order valence-electron chi connectivity index (χ1n) is 10.0. The third-order valence-corrected chi connectivity index (χ3v) is 5.20. The van der Waals surface area contributed by atoms with Crippen LogP contribution < -0.4 is 5.73 Å². The fourth-order valence-corrected chi connectivity index (χ4v) is 3.60. The van der Waals surface area contributed by atoms with Crippen LogP contribution in [0.25, 0.3) is 21.8 Å². The lowest BCUT2D eigenvalue weighted by molar-refractivity contribution is -0.384. The molecule has 0 saturated heterocycles. The number of nitro groups is 1. The number of H-pyrrole nitrogens is 2. The van der Waals surface area contributed by atoms with Gasteiger partial charge in [-0.2, -0.15) is 0 Å². The lowest BCUT2D eigenvalue weighted by Crippen LogP contribution is -2.09. The maximum Gasteiger partial charge on any atom is 0.270 e. The van der Waals surface area contributed by atoms with E-state index in [-0.39, 0.29) is 28.9 Å². The van der Waals surface area contributed by atoms with Crippen LogP contribution in [0.4, 0.5) is 11.4 Å². The highest BCUT2D eigenvalue weighted by Crippen LogP contribution is 2.32. The van der Waals surface area contributed by atoms with Gasteiger partial charge in [0.1, 0.15) is 0 Å². The molecule has 0 unspecified atom stereocenters. The first kappa shape index (κ1) is 24.0. The molecule has 0 bridgehead atoms. The van der Waals surface area contributed by atoms with Gasteiger partial charge in [-0.25, -0.2) is 0 Å². The average Bonchev–Trinajstić information content (AvgIpc) is 3.24. The Bertz CT molecular complexity index is 1200. The quantitative estimate of drug-likeness (QED) is 0.174. The van der Waals surface area contributed by atoms with Crippen LogP contribution >= 0.6 is 0 Å². The van der Waals surface area contributed by atoms with Gasteiger partial charge in [0, 0.05) is 52.0 Å². The number of nitrogens with zero attached hydrogens (tertiary/aromatic N) is 1. The predicted molar refractivity (Wildman–Crippen MR) is 132 cm³/mol. The number of nitrogens with one attached hydrogen (secondary N) is 2. The van der Waals surface area contributed by atoms with E-state index in [9.17, 15) is 10.1 Å². The summed E-state index contributed by atoms with van der Waals surface area (Å²) in [7, 11) is 0. The minimum Gasteiger partial charge on any atom is -0.399 e. The zero-order valence-electron chi connectivity index (χ0n) is 18.5. The molecule has 0 aliphatic heterocycles. The molecule has 31 heavy (non-hydrogen) atoms. The molecular formula is C25H34N4O2. The van der Waals surface area contributed by atoms with Crippen LogP contribution in [0, 0.1) is 10.1 Å². The third kappa shape index (κ3) is 5.08. The van der Waals surface area contributed by atoms with E-state index in [2.05, 4.69) is 57.7 Å². The van der Waals surface area contributed by atoms with Crippen molar-refractivity contribution >= 4 is 33.2 Å². The molecule has 4 N–H and O–H groups in total. The van der Waals surface area contributed by atoms with Crippen molar-refractivity contribution in [2.45, 2.75) is 59.8 Å². The van der Waals surface area contributed by atoms with Crippen molar-refractivity contribution in [1.82, 2.24) is 9.97 Å². The smallest absolute Gasteiger partial charge is 0.270 e. The summed E-state index contributed by atoms with van der Waals surface area (Å²) in [6.07, 6.45) is 4.00. The highest BCUT2D eigenvalue weighted by molar-refractivity contribution is 5.87. The van der Waals surface area contributed by atoms with Crippen molar-refractivity contribution in [2.75, 3.05) is 5.73 Å². The number of nitrogen functional groups attached to an aromatic ring is 1. The van der Waals surface area contributed by atoms with E-state index < -0.39 is 0 Å². The number of non-ortho nitro benzene ring substituents is 1. The number of hydrogen-bond donors (Lipinski definition) is 3. The number of benzene rings is 2. The van der Waals surface area contributed by atoms with Crippen LogP contribution in [-0.4, -0.2) is 14.9 Å². The van der Waals surface area contributed by atoms with Gasteiger partial charge in [-0.3, -0.25) is 10.1 Å². The molecule has 6 heteroatoms. The molecule has 0 spiro atoms. The van der Waals surface area contributed by atoms with Crippen LogP contribution in [0.1, 0.15) is 60.1 Å². The van der Waals surface area contributed by atoms with E-state index >= 15 is 0 Å². The molecule has 166 valence electrons. The van der Waals surface area contributed by atoms with Gasteiger partial charge >= 0.3 is 0 Å². The number of nitro benzene ring substituents is 1. The van der Waals surface area contributed by atoms with Gasteiger partial charge in [-0.05, 0) is 46.2 Å². The normalized spacial score (nSPS) is 11.7. The molecule has 2 aromatic heterocycles. The van der Waals surface area contributed by atoms with E-state index in [0.29, 0.717) is 0 Å². The summed E-state index contributed by atoms with van der Waals surface area (Å²) in [5, 5.41) is 12.9. The van der Waals surface area contributed by atoms with Gasteiger partial charge in [0.15, 0.2) is 0 Å². The van der Waals surface area contributed by atoms with Gasteiger partial charge in [0.2, 0.25) is 0 Å². The van der Waals surface area contributed by atoms with Crippen molar-refractivity contribution in [3.05, 3.63) is 70.0 Å². The third-order valence-electron chi connectivity index (χ3n) is 5.20. The summed E-state index contributed by atoms with van der Waals surface area (Å²) in [6.45, 7) is 12.9. The van der Waals surface area contributed by atoms with Crippen molar-refractivity contribution < 1.29 is 4.92 Å². The van der Waals surface area contributed by atoms with Gasteiger partial charge in [-0.15, -0.1) is 0 Å². The zero-order chi connectivity index (χ0) is 22.3. The molecule has 0 radical (unpaired) electrons. The average molecular weight is 423 g/mol. The molecule has 0 aliphatic rings. The first-order valence-corrected chi connectivity index (χ1v) is 10.0. The summed E-state index contributed by atoms with van der Waals surface area (Å²) in [5.41, 5.74) is 11.4. The van der Waals surface area contributed by atoms with E-state index in [1.165, 1.54) is 17.0 Å². The minimum absolute atomic E-state index is 0. The first-order chi connectivity index (χ1) is 13.9. The Kier molecular flexibility index (Phi) is 6.54. The van der Waals surface area contributed by atoms with E-state index in [0.717, 1.165) is 27.7 Å². The Labute approximate surface area is 184 Å². The monoisotopic (exact) mass is 422 g/mol. The molecule has 2 aromatic carbocycles. The Hall–Kier alpha value is -3.28. The van der Waals surface area contributed by atoms with E-state index in [1.54, 1.807) is 12.1 Å². The highest BCUT2D eigenvalue weighted by atomic mass is 16.6. The number of aromatic amines is 2. The molecule has 0 aliphatic carbocycles. The number of rotatable bonds is 1. The van der Waals surface area contributed by atoms with Crippen LogP contribution in [0.2, 0.25) is 0 Å². The van der Waals surface area contributed by atoms with Crippen molar-refractivity contribution in [1.29, 1.82) is 0 Å². The van der Waals surface area contributed by atoms with Gasteiger partial charge in [-0.1, -0.05) is 49.0 Å². The Morgan fingerprint density at radius 1 is 0.806 bits per heavy atom. The van der Waals surface area contributed by atoms with Crippen molar-refractivity contribution in [3.8, 4) is 0 Å². The number of nitrogens with two attached hydrogens (primary N) is 1. The molecule has 0 atom stereocenters. The van der Waals surface area contributed by atoms with Crippen LogP contribution in [0.15, 0.2) is 48.8 Å². The SMILES string of the molecule is C.CC(C)(C)c1c[nH]c2ccc(N)cc12.CC(C)(C)c1c[nH]c2ccc([N+](=O)[O-])cc12. The Morgan fingerprint density at radius 2 is 1.26 bits per heavy atom. The minimum atomic E-state index is -0.362. The number of aromatic nitrogens is 2. The van der Waals surface area contributed by atoms with Crippen molar-refractivity contribution in [2.24, 2.45) is 0 Å². The van der Waals surface area contributed by atoms with Gasteiger partial charge in [0.25, 0.3) is 5.69 Å². The zero-order valence-corrected chi connectivity index (χ0v) is 18.5. The summed E-state index contributed by atoms with van der Waals surface area (Å²) < 4.78 is 0. The molecule has 4 rings (SSSR count). The fourth-order valence-electron chi connectivity index (χ4n) is 3.60. The van der Waals surface area contributed by atoms with E-state index in [4.69, 9.17) is 5.73 Å². The maximum atomic E-state index is 10.7. The molecule has 0 amide bonds. The number of anilines is 1. The Morgan fingerprint density at radius 3 is 1.71 bits per heavy atom.